The molecule has 0 fully saturated rings. The van der Waals surface area contributed by atoms with Crippen molar-refractivity contribution in [2.24, 2.45) is 0 Å². The molecule has 0 bridgehead atoms. The van der Waals surface area contributed by atoms with Crippen LogP contribution < -0.4 is 5.32 Å². The van der Waals surface area contributed by atoms with E-state index >= 15 is 0 Å². The number of rotatable bonds is 2. The average molecular weight is 228 g/mol. The molecule has 0 atom stereocenters. The summed E-state index contributed by atoms with van der Waals surface area (Å²) in [6.45, 7) is 1.90. The lowest BCUT2D eigenvalue weighted by molar-refractivity contribution is 0.614. The number of benzene rings is 1. The highest BCUT2D eigenvalue weighted by Gasteiger charge is 2.04. The SMILES string of the molecule is Cc1ccc(Nc2ncc(F)cn2)c(C#N)c1. The molecular weight excluding hydrogens is 219 g/mol. The first-order valence-electron chi connectivity index (χ1n) is 4.94. The largest absolute Gasteiger partial charge is 0.323 e. The van der Waals surface area contributed by atoms with Crippen molar-refractivity contribution in [1.29, 1.82) is 5.26 Å². The van der Waals surface area contributed by atoms with Gasteiger partial charge in [0.05, 0.1) is 23.6 Å². The number of aryl methyl sites for hydroxylation is 1. The fourth-order valence-electron chi connectivity index (χ4n) is 1.36. The van der Waals surface area contributed by atoms with Crippen LogP contribution in [0.15, 0.2) is 30.6 Å². The summed E-state index contributed by atoms with van der Waals surface area (Å²) in [5, 5.41) is 11.8. The molecule has 5 heteroatoms. The minimum absolute atomic E-state index is 0.256. The molecule has 0 saturated carbocycles. The predicted octanol–water partition coefficient (Wildman–Crippen LogP) is 2.54. The molecule has 0 radical (unpaired) electrons. The van der Waals surface area contributed by atoms with Crippen LogP contribution in [0.1, 0.15) is 11.1 Å². The van der Waals surface area contributed by atoms with Gasteiger partial charge in [0.25, 0.3) is 0 Å². The second-order valence-electron chi connectivity index (χ2n) is 3.51. The summed E-state index contributed by atoms with van der Waals surface area (Å²) < 4.78 is 12.6. The van der Waals surface area contributed by atoms with Gasteiger partial charge < -0.3 is 5.32 Å². The van der Waals surface area contributed by atoms with Gasteiger partial charge in [0.15, 0.2) is 5.82 Å². The van der Waals surface area contributed by atoms with Crippen LogP contribution in [0.3, 0.4) is 0 Å². The molecule has 1 aromatic heterocycles. The van der Waals surface area contributed by atoms with E-state index < -0.39 is 5.82 Å². The zero-order valence-electron chi connectivity index (χ0n) is 9.11. The molecule has 1 N–H and O–H groups in total. The highest BCUT2D eigenvalue weighted by atomic mass is 19.1. The Labute approximate surface area is 97.8 Å². The maximum atomic E-state index is 12.6. The van der Waals surface area contributed by atoms with Crippen molar-refractivity contribution in [3.05, 3.63) is 47.5 Å². The molecule has 2 rings (SSSR count). The topological polar surface area (TPSA) is 61.6 Å². The molecule has 1 heterocycles. The fourth-order valence-corrected chi connectivity index (χ4v) is 1.36. The number of halogens is 1. The van der Waals surface area contributed by atoms with E-state index in [2.05, 4.69) is 21.4 Å². The number of hydrogen-bond donors (Lipinski definition) is 1. The molecule has 17 heavy (non-hydrogen) atoms. The molecule has 0 aliphatic rings. The molecule has 0 unspecified atom stereocenters. The molecule has 4 nitrogen and oxygen atoms in total. The summed E-state index contributed by atoms with van der Waals surface area (Å²) >= 11 is 0. The van der Waals surface area contributed by atoms with Gasteiger partial charge in [-0.3, -0.25) is 0 Å². The van der Waals surface area contributed by atoms with Crippen molar-refractivity contribution in [3.63, 3.8) is 0 Å². The molecule has 0 aliphatic heterocycles. The first-order chi connectivity index (χ1) is 8.19. The van der Waals surface area contributed by atoms with E-state index in [1.807, 2.05) is 13.0 Å². The van der Waals surface area contributed by atoms with Crippen LogP contribution in [0.2, 0.25) is 0 Å². The minimum Gasteiger partial charge on any atom is -0.323 e. The maximum Gasteiger partial charge on any atom is 0.227 e. The van der Waals surface area contributed by atoms with E-state index in [9.17, 15) is 4.39 Å². The number of nitrogens with one attached hydrogen (secondary N) is 1. The molecule has 0 amide bonds. The van der Waals surface area contributed by atoms with Gasteiger partial charge in [-0.15, -0.1) is 0 Å². The van der Waals surface area contributed by atoms with E-state index in [4.69, 9.17) is 5.26 Å². The Kier molecular flexibility index (Phi) is 2.97. The van der Waals surface area contributed by atoms with Crippen LogP contribution in [-0.4, -0.2) is 9.97 Å². The van der Waals surface area contributed by atoms with E-state index in [1.54, 1.807) is 12.1 Å². The molecular formula is C12H9FN4. The summed E-state index contributed by atoms with van der Waals surface area (Å²) in [6.07, 6.45) is 2.13. The summed E-state index contributed by atoms with van der Waals surface area (Å²) in [5.74, 6) is -0.244. The number of aromatic nitrogens is 2. The maximum absolute atomic E-state index is 12.6. The lowest BCUT2D eigenvalue weighted by Crippen LogP contribution is -1.99. The average Bonchev–Trinajstić information content (AvgIpc) is 2.34. The zero-order chi connectivity index (χ0) is 12.3. The van der Waals surface area contributed by atoms with Gasteiger partial charge in [-0.25, -0.2) is 14.4 Å². The predicted molar refractivity (Wildman–Crippen MR) is 61.2 cm³/mol. The zero-order valence-corrected chi connectivity index (χ0v) is 9.11. The summed E-state index contributed by atoms with van der Waals surface area (Å²) in [4.78, 5) is 7.53. The summed E-state index contributed by atoms with van der Waals surface area (Å²) in [6, 6.07) is 7.46. The molecule has 0 saturated heterocycles. The van der Waals surface area contributed by atoms with Crippen molar-refractivity contribution in [3.8, 4) is 6.07 Å². The third kappa shape index (κ3) is 2.55. The van der Waals surface area contributed by atoms with E-state index in [-0.39, 0.29) is 5.95 Å². The van der Waals surface area contributed by atoms with Crippen LogP contribution in [0.4, 0.5) is 16.0 Å². The Morgan fingerprint density at radius 1 is 1.29 bits per heavy atom. The van der Waals surface area contributed by atoms with Crippen LogP contribution >= 0.6 is 0 Å². The van der Waals surface area contributed by atoms with Gasteiger partial charge in [-0.2, -0.15) is 5.26 Å². The number of nitrogens with zero attached hydrogens (tertiary/aromatic N) is 3. The van der Waals surface area contributed by atoms with Crippen LogP contribution in [0.25, 0.3) is 0 Å². The third-order valence-electron chi connectivity index (χ3n) is 2.16. The number of anilines is 2. The molecule has 0 spiro atoms. The normalized spacial score (nSPS) is 9.71. The van der Waals surface area contributed by atoms with Crippen molar-refractivity contribution >= 4 is 11.6 Å². The van der Waals surface area contributed by atoms with Gasteiger partial charge in [0.1, 0.15) is 6.07 Å². The Morgan fingerprint density at radius 2 is 2.00 bits per heavy atom. The van der Waals surface area contributed by atoms with Crippen molar-refractivity contribution in [2.45, 2.75) is 6.92 Å². The molecule has 1 aromatic carbocycles. The second-order valence-corrected chi connectivity index (χ2v) is 3.51. The van der Waals surface area contributed by atoms with Gasteiger partial charge in [-0.1, -0.05) is 6.07 Å². The monoisotopic (exact) mass is 228 g/mol. The molecule has 0 aliphatic carbocycles. The Hall–Kier alpha value is -2.48. The fraction of sp³-hybridized carbons (Fsp3) is 0.0833. The van der Waals surface area contributed by atoms with Crippen LogP contribution in [0.5, 0.6) is 0 Å². The van der Waals surface area contributed by atoms with Crippen LogP contribution in [0, 0.1) is 24.1 Å². The van der Waals surface area contributed by atoms with Crippen molar-refractivity contribution < 1.29 is 4.39 Å². The van der Waals surface area contributed by atoms with Gasteiger partial charge in [-0.05, 0) is 24.6 Å². The number of nitriles is 1. The van der Waals surface area contributed by atoms with Gasteiger partial charge >= 0.3 is 0 Å². The van der Waals surface area contributed by atoms with Crippen molar-refractivity contribution in [1.82, 2.24) is 9.97 Å². The summed E-state index contributed by atoms with van der Waals surface area (Å²) in [7, 11) is 0. The van der Waals surface area contributed by atoms with Gasteiger partial charge in [0, 0.05) is 0 Å². The summed E-state index contributed by atoms with van der Waals surface area (Å²) in [5.41, 5.74) is 2.09. The van der Waals surface area contributed by atoms with Crippen molar-refractivity contribution in [2.75, 3.05) is 5.32 Å². The lowest BCUT2D eigenvalue weighted by Gasteiger charge is -2.06. The van der Waals surface area contributed by atoms with E-state index in [0.717, 1.165) is 18.0 Å². The standard InChI is InChI=1S/C12H9FN4/c1-8-2-3-11(9(4-8)5-14)17-12-15-6-10(13)7-16-12/h2-4,6-7H,1H3,(H,15,16,17). The number of hydrogen-bond acceptors (Lipinski definition) is 4. The Bertz CT molecular complexity index is 572. The first-order valence-corrected chi connectivity index (χ1v) is 4.94. The first kappa shape index (κ1) is 11.0. The third-order valence-corrected chi connectivity index (χ3v) is 2.16. The van der Waals surface area contributed by atoms with E-state index in [1.165, 1.54) is 0 Å². The molecule has 84 valence electrons. The van der Waals surface area contributed by atoms with Crippen LogP contribution in [-0.2, 0) is 0 Å². The lowest BCUT2D eigenvalue weighted by atomic mass is 10.1. The smallest absolute Gasteiger partial charge is 0.227 e. The Morgan fingerprint density at radius 3 is 2.65 bits per heavy atom. The van der Waals surface area contributed by atoms with Gasteiger partial charge in [0.2, 0.25) is 5.95 Å². The second kappa shape index (κ2) is 4.58. The van der Waals surface area contributed by atoms with E-state index in [0.29, 0.717) is 11.3 Å². The minimum atomic E-state index is -0.500. The highest BCUT2D eigenvalue weighted by Crippen LogP contribution is 2.19. The molecule has 2 aromatic rings. The Balaban J connectivity index is 2.30. The quantitative estimate of drug-likeness (QED) is 0.857. The highest BCUT2D eigenvalue weighted by molar-refractivity contribution is 5.63.